The molecule has 128 valence electrons. The molecule has 3 nitrogen and oxygen atoms in total. The van der Waals surface area contributed by atoms with Gasteiger partial charge in [-0.3, -0.25) is 0 Å². The smallest absolute Gasteiger partial charge is 0.166 e. The number of rotatable bonds is 7. The van der Waals surface area contributed by atoms with Gasteiger partial charge in [-0.1, -0.05) is 58.4 Å². The summed E-state index contributed by atoms with van der Waals surface area (Å²) in [4.78, 5) is 0. The van der Waals surface area contributed by atoms with Crippen molar-refractivity contribution in [3.8, 4) is 11.5 Å². The number of benzene rings is 3. The maximum Gasteiger partial charge on any atom is 0.166 e. The summed E-state index contributed by atoms with van der Waals surface area (Å²) < 4.78 is 12.6. The van der Waals surface area contributed by atoms with Crippen LogP contribution in [0.5, 0.6) is 11.5 Å². The molecular weight excluding hydrogens is 378 g/mol. The molecule has 3 rings (SSSR count). The van der Waals surface area contributed by atoms with E-state index in [0.717, 1.165) is 32.8 Å². The third kappa shape index (κ3) is 4.77. The molecule has 0 saturated heterocycles. The molecule has 1 N–H and O–H groups in total. The predicted octanol–water partition coefficient (Wildman–Crippen LogP) is 5.65. The summed E-state index contributed by atoms with van der Waals surface area (Å²) in [6.45, 7) is 1.16. The molecule has 0 atom stereocenters. The van der Waals surface area contributed by atoms with Crippen LogP contribution in [0.3, 0.4) is 0 Å². The number of methoxy groups -OCH3 is 1. The third-order valence-electron chi connectivity index (χ3n) is 3.83. The SMILES string of the molecule is COc1cccc(CNc2ccc(Br)cc2)c1OCc1ccccc1. The van der Waals surface area contributed by atoms with Crippen LogP contribution in [-0.2, 0) is 13.2 Å². The van der Waals surface area contributed by atoms with E-state index >= 15 is 0 Å². The van der Waals surface area contributed by atoms with Gasteiger partial charge in [0.1, 0.15) is 6.61 Å². The Kier molecular flexibility index (Phi) is 5.96. The van der Waals surface area contributed by atoms with Gasteiger partial charge in [-0.2, -0.15) is 0 Å². The zero-order chi connectivity index (χ0) is 17.5. The lowest BCUT2D eigenvalue weighted by atomic mass is 10.1. The zero-order valence-electron chi connectivity index (χ0n) is 14.0. The van der Waals surface area contributed by atoms with Crippen LogP contribution in [0, 0.1) is 0 Å². The molecule has 0 heterocycles. The number of ether oxygens (including phenoxy) is 2. The second-order valence-corrected chi connectivity index (χ2v) is 6.50. The highest BCUT2D eigenvalue weighted by molar-refractivity contribution is 9.10. The predicted molar refractivity (Wildman–Crippen MR) is 105 cm³/mol. The molecule has 25 heavy (non-hydrogen) atoms. The largest absolute Gasteiger partial charge is 0.493 e. The summed E-state index contributed by atoms with van der Waals surface area (Å²) in [6, 6.07) is 24.2. The van der Waals surface area contributed by atoms with Crippen LogP contribution < -0.4 is 14.8 Å². The summed E-state index contributed by atoms with van der Waals surface area (Å²) in [7, 11) is 1.66. The van der Waals surface area contributed by atoms with Crippen molar-refractivity contribution < 1.29 is 9.47 Å². The summed E-state index contributed by atoms with van der Waals surface area (Å²) in [5, 5.41) is 3.42. The average molecular weight is 398 g/mol. The van der Waals surface area contributed by atoms with Crippen LogP contribution in [0.25, 0.3) is 0 Å². The second kappa shape index (κ2) is 8.58. The van der Waals surface area contributed by atoms with Gasteiger partial charge in [0.25, 0.3) is 0 Å². The molecule has 0 aliphatic carbocycles. The number of halogens is 1. The number of hydrogen-bond donors (Lipinski definition) is 1. The fraction of sp³-hybridized carbons (Fsp3) is 0.143. The molecule has 0 aliphatic rings. The van der Waals surface area contributed by atoms with E-state index in [-0.39, 0.29) is 0 Å². The third-order valence-corrected chi connectivity index (χ3v) is 4.36. The normalized spacial score (nSPS) is 10.3. The van der Waals surface area contributed by atoms with E-state index in [0.29, 0.717) is 13.2 Å². The molecule has 0 saturated carbocycles. The van der Waals surface area contributed by atoms with E-state index in [1.54, 1.807) is 7.11 Å². The quantitative estimate of drug-likeness (QED) is 0.558. The van der Waals surface area contributed by atoms with E-state index in [1.807, 2.05) is 54.6 Å². The Morgan fingerprint density at radius 3 is 2.36 bits per heavy atom. The van der Waals surface area contributed by atoms with Gasteiger partial charge in [-0.25, -0.2) is 0 Å². The number of anilines is 1. The van der Waals surface area contributed by atoms with Crippen LogP contribution in [-0.4, -0.2) is 7.11 Å². The molecule has 0 unspecified atom stereocenters. The minimum Gasteiger partial charge on any atom is -0.493 e. The summed E-state index contributed by atoms with van der Waals surface area (Å²) in [5.41, 5.74) is 3.23. The van der Waals surface area contributed by atoms with Crippen molar-refractivity contribution in [2.24, 2.45) is 0 Å². The lowest BCUT2D eigenvalue weighted by Crippen LogP contribution is -2.05. The molecule has 0 aromatic heterocycles. The second-order valence-electron chi connectivity index (χ2n) is 5.58. The summed E-state index contributed by atoms with van der Waals surface area (Å²) in [6.07, 6.45) is 0. The fourth-order valence-corrected chi connectivity index (χ4v) is 2.78. The van der Waals surface area contributed by atoms with E-state index in [9.17, 15) is 0 Å². The Morgan fingerprint density at radius 2 is 1.64 bits per heavy atom. The van der Waals surface area contributed by atoms with E-state index in [4.69, 9.17) is 9.47 Å². The van der Waals surface area contributed by atoms with Crippen molar-refractivity contribution in [3.63, 3.8) is 0 Å². The van der Waals surface area contributed by atoms with Crippen LogP contribution in [0.1, 0.15) is 11.1 Å². The molecule has 0 amide bonds. The van der Waals surface area contributed by atoms with E-state index < -0.39 is 0 Å². The van der Waals surface area contributed by atoms with Crippen molar-refractivity contribution in [3.05, 3.63) is 88.4 Å². The van der Waals surface area contributed by atoms with Crippen molar-refractivity contribution >= 4 is 21.6 Å². The Morgan fingerprint density at radius 1 is 0.880 bits per heavy atom. The lowest BCUT2D eigenvalue weighted by molar-refractivity contribution is 0.281. The van der Waals surface area contributed by atoms with Gasteiger partial charge in [-0.05, 0) is 35.9 Å². The first-order chi connectivity index (χ1) is 12.3. The minimum absolute atomic E-state index is 0.506. The topological polar surface area (TPSA) is 30.5 Å². The molecule has 0 radical (unpaired) electrons. The molecule has 0 bridgehead atoms. The number of hydrogen-bond acceptors (Lipinski definition) is 3. The minimum atomic E-state index is 0.506. The van der Waals surface area contributed by atoms with Crippen molar-refractivity contribution in [2.75, 3.05) is 12.4 Å². The first-order valence-electron chi connectivity index (χ1n) is 8.08. The highest BCUT2D eigenvalue weighted by Gasteiger charge is 2.11. The van der Waals surface area contributed by atoms with Gasteiger partial charge in [0.05, 0.1) is 7.11 Å². The Hall–Kier alpha value is -2.46. The molecule has 0 fully saturated rings. The van der Waals surface area contributed by atoms with Crippen molar-refractivity contribution in [2.45, 2.75) is 13.2 Å². The Balaban J connectivity index is 1.75. The molecule has 4 heteroatoms. The molecule has 3 aromatic carbocycles. The van der Waals surface area contributed by atoms with Gasteiger partial charge in [-0.15, -0.1) is 0 Å². The maximum atomic E-state index is 6.08. The van der Waals surface area contributed by atoms with Gasteiger partial charge in [0.2, 0.25) is 0 Å². The molecule has 3 aromatic rings. The maximum absolute atomic E-state index is 6.08. The standard InChI is InChI=1S/C21H20BrNO2/c1-24-20-9-5-8-17(14-23-19-12-10-18(22)11-13-19)21(20)25-15-16-6-3-2-4-7-16/h2-13,23H,14-15H2,1H3. The monoisotopic (exact) mass is 397 g/mol. The lowest BCUT2D eigenvalue weighted by Gasteiger charge is -2.16. The molecule has 0 aliphatic heterocycles. The fourth-order valence-electron chi connectivity index (χ4n) is 2.52. The summed E-state index contributed by atoms with van der Waals surface area (Å²) >= 11 is 3.45. The van der Waals surface area contributed by atoms with E-state index in [2.05, 4.69) is 39.4 Å². The van der Waals surface area contributed by atoms with Gasteiger partial charge in [0.15, 0.2) is 11.5 Å². The van der Waals surface area contributed by atoms with Crippen LogP contribution >= 0.6 is 15.9 Å². The van der Waals surface area contributed by atoms with Crippen LogP contribution in [0.15, 0.2) is 77.3 Å². The van der Waals surface area contributed by atoms with Gasteiger partial charge < -0.3 is 14.8 Å². The molecule has 0 spiro atoms. The Bertz CT molecular complexity index is 804. The Labute approximate surface area is 156 Å². The summed E-state index contributed by atoms with van der Waals surface area (Å²) in [5.74, 6) is 1.52. The first-order valence-corrected chi connectivity index (χ1v) is 8.87. The van der Waals surface area contributed by atoms with Crippen LogP contribution in [0.4, 0.5) is 5.69 Å². The number of nitrogens with one attached hydrogen (secondary N) is 1. The highest BCUT2D eigenvalue weighted by atomic mass is 79.9. The van der Waals surface area contributed by atoms with Crippen molar-refractivity contribution in [1.29, 1.82) is 0 Å². The number of para-hydroxylation sites is 1. The van der Waals surface area contributed by atoms with Gasteiger partial charge in [0, 0.05) is 22.3 Å². The van der Waals surface area contributed by atoms with E-state index in [1.165, 1.54) is 0 Å². The highest BCUT2D eigenvalue weighted by Crippen LogP contribution is 2.32. The van der Waals surface area contributed by atoms with Gasteiger partial charge >= 0.3 is 0 Å². The van der Waals surface area contributed by atoms with Crippen LogP contribution in [0.2, 0.25) is 0 Å². The first kappa shape index (κ1) is 17.4. The zero-order valence-corrected chi connectivity index (χ0v) is 15.6. The van der Waals surface area contributed by atoms with Crippen molar-refractivity contribution in [1.82, 2.24) is 0 Å². The molecular formula is C21H20BrNO2. The average Bonchev–Trinajstić information content (AvgIpc) is 2.67.